The van der Waals surface area contributed by atoms with E-state index < -0.39 is 28.5 Å². The Morgan fingerprint density at radius 3 is 2.39 bits per heavy atom. The van der Waals surface area contributed by atoms with Crippen molar-refractivity contribution in [1.82, 2.24) is 10.2 Å². The number of benzene rings is 2. The quantitative estimate of drug-likeness (QED) is 0.469. The number of nitrogens with one attached hydrogen (secondary N) is 1. The minimum Gasteiger partial charge on any atom is -0.492 e. The van der Waals surface area contributed by atoms with Crippen LogP contribution in [-0.2, 0) is 26.2 Å². The van der Waals surface area contributed by atoms with Crippen molar-refractivity contribution in [2.24, 2.45) is 0 Å². The van der Waals surface area contributed by atoms with Crippen LogP contribution in [0.15, 0.2) is 48.5 Å². The van der Waals surface area contributed by atoms with Crippen molar-refractivity contribution in [3.63, 3.8) is 0 Å². The Morgan fingerprint density at radius 2 is 1.75 bits per heavy atom. The summed E-state index contributed by atoms with van der Waals surface area (Å²) in [5, 5.41) is 3.50. The minimum atomic E-state index is -3.85. The van der Waals surface area contributed by atoms with Crippen LogP contribution < -0.4 is 14.4 Å². The molecule has 1 aliphatic carbocycles. The predicted molar refractivity (Wildman–Crippen MR) is 142 cm³/mol. The first-order chi connectivity index (χ1) is 17.1. The Kier molecular flexibility index (Phi) is 9.62. The zero-order valence-corrected chi connectivity index (χ0v) is 22.5. The topological polar surface area (TPSA) is 96.0 Å². The first kappa shape index (κ1) is 27.8. The van der Waals surface area contributed by atoms with Crippen molar-refractivity contribution in [1.29, 1.82) is 0 Å². The lowest BCUT2D eigenvalue weighted by Gasteiger charge is -2.32. The van der Waals surface area contributed by atoms with Crippen LogP contribution in [-0.4, -0.2) is 56.6 Å². The molecule has 2 aromatic carbocycles. The normalized spacial score (nSPS) is 14.8. The number of halogens is 1. The molecule has 1 N–H and O–H groups in total. The summed E-state index contributed by atoms with van der Waals surface area (Å²) in [5.74, 6) is -0.452. The fourth-order valence-corrected chi connectivity index (χ4v) is 5.37. The van der Waals surface area contributed by atoms with Crippen molar-refractivity contribution in [2.45, 2.75) is 58.2 Å². The molecule has 0 spiro atoms. The summed E-state index contributed by atoms with van der Waals surface area (Å²) in [6.07, 6.45) is 4.98. The van der Waals surface area contributed by atoms with E-state index in [0.29, 0.717) is 22.9 Å². The van der Waals surface area contributed by atoms with Crippen molar-refractivity contribution >= 4 is 39.1 Å². The van der Waals surface area contributed by atoms with E-state index in [1.165, 1.54) is 4.90 Å². The summed E-state index contributed by atoms with van der Waals surface area (Å²) in [7, 11) is -3.85. The minimum absolute atomic E-state index is 0.0580. The van der Waals surface area contributed by atoms with E-state index in [4.69, 9.17) is 16.3 Å². The Morgan fingerprint density at radius 1 is 1.11 bits per heavy atom. The van der Waals surface area contributed by atoms with Crippen LogP contribution in [0.3, 0.4) is 0 Å². The first-order valence-electron chi connectivity index (χ1n) is 12.1. The van der Waals surface area contributed by atoms with Crippen LogP contribution in [0, 0.1) is 0 Å². The molecule has 1 fully saturated rings. The van der Waals surface area contributed by atoms with E-state index in [1.54, 1.807) is 62.4 Å². The monoisotopic (exact) mass is 535 g/mol. The van der Waals surface area contributed by atoms with Crippen LogP contribution in [0.4, 0.5) is 5.69 Å². The van der Waals surface area contributed by atoms with Crippen molar-refractivity contribution < 1.29 is 22.7 Å². The number of sulfonamides is 1. The second-order valence-corrected chi connectivity index (χ2v) is 11.3. The lowest BCUT2D eigenvalue weighted by molar-refractivity contribution is -0.139. The van der Waals surface area contributed by atoms with Crippen molar-refractivity contribution in [2.75, 3.05) is 23.7 Å². The van der Waals surface area contributed by atoms with Gasteiger partial charge in [-0.2, -0.15) is 0 Å². The van der Waals surface area contributed by atoms with Gasteiger partial charge in [-0.1, -0.05) is 54.8 Å². The third kappa shape index (κ3) is 7.13. The number of carbonyl (C=O) groups is 2. The van der Waals surface area contributed by atoms with Gasteiger partial charge in [0.2, 0.25) is 21.8 Å². The molecule has 196 valence electrons. The summed E-state index contributed by atoms with van der Waals surface area (Å²) in [6, 6.07) is 13.0. The van der Waals surface area contributed by atoms with Gasteiger partial charge in [0, 0.05) is 17.6 Å². The Labute approximate surface area is 218 Å². The first-order valence-corrected chi connectivity index (χ1v) is 14.4. The highest BCUT2D eigenvalue weighted by Crippen LogP contribution is 2.30. The SMILES string of the molecule is CCOc1ccccc1N(CC(=O)N(Cc1ccccc1Cl)[C@H](C)C(=O)NC1CCCC1)S(C)(=O)=O. The molecule has 1 saturated carbocycles. The van der Waals surface area contributed by atoms with Gasteiger partial charge < -0.3 is 15.0 Å². The smallest absolute Gasteiger partial charge is 0.244 e. The van der Waals surface area contributed by atoms with Gasteiger partial charge in [-0.25, -0.2) is 8.42 Å². The number of amides is 2. The molecule has 0 aromatic heterocycles. The average Bonchev–Trinajstić information content (AvgIpc) is 3.34. The van der Waals surface area contributed by atoms with Gasteiger partial charge in [0.25, 0.3) is 0 Å². The number of para-hydroxylation sites is 2. The number of rotatable bonds is 11. The summed E-state index contributed by atoms with van der Waals surface area (Å²) < 4.78 is 32.2. The van der Waals surface area contributed by atoms with E-state index in [2.05, 4.69) is 5.32 Å². The molecule has 0 saturated heterocycles. The number of anilines is 1. The maximum Gasteiger partial charge on any atom is 0.244 e. The van der Waals surface area contributed by atoms with Gasteiger partial charge in [0.1, 0.15) is 18.3 Å². The lowest BCUT2D eigenvalue weighted by Crippen LogP contribution is -2.52. The van der Waals surface area contributed by atoms with Crippen molar-refractivity contribution in [3.8, 4) is 5.75 Å². The summed E-state index contributed by atoms with van der Waals surface area (Å²) in [6.45, 7) is 3.34. The van der Waals surface area contributed by atoms with E-state index >= 15 is 0 Å². The predicted octanol–water partition coefficient (Wildman–Crippen LogP) is 3.98. The molecule has 0 unspecified atom stereocenters. The van der Waals surface area contributed by atoms with Gasteiger partial charge in [-0.3, -0.25) is 13.9 Å². The molecule has 3 rings (SSSR count). The molecule has 0 aliphatic heterocycles. The van der Waals surface area contributed by atoms with Crippen molar-refractivity contribution in [3.05, 3.63) is 59.1 Å². The molecule has 0 heterocycles. The van der Waals surface area contributed by atoms with Crippen LogP contribution in [0.1, 0.15) is 45.1 Å². The summed E-state index contributed by atoms with van der Waals surface area (Å²) in [4.78, 5) is 28.2. The van der Waals surface area contributed by atoms with E-state index in [9.17, 15) is 18.0 Å². The zero-order chi connectivity index (χ0) is 26.3. The molecule has 36 heavy (non-hydrogen) atoms. The van der Waals surface area contributed by atoms with Crippen LogP contribution in [0.25, 0.3) is 0 Å². The van der Waals surface area contributed by atoms with Gasteiger partial charge in [0.15, 0.2) is 0 Å². The second-order valence-electron chi connectivity index (χ2n) is 8.95. The lowest BCUT2D eigenvalue weighted by atomic mass is 10.1. The van der Waals surface area contributed by atoms with Gasteiger partial charge in [0.05, 0.1) is 18.6 Å². The number of nitrogens with zero attached hydrogens (tertiary/aromatic N) is 2. The maximum absolute atomic E-state index is 13.7. The fraction of sp³-hybridized carbons (Fsp3) is 0.462. The summed E-state index contributed by atoms with van der Waals surface area (Å²) in [5.41, 5.74) is 0.921. The molecular formula is C26H34ClN3O5S. The average molecular weight is 536 g/mol. The second kappa shape index (κ2) is 12.5. The summed E-state index contributed by atoms with van der Waals surface area (Å²) >= 11 is 6.36. The molecule has 2 amide bonds. The largest absolute Gasteiger partial charge is 0.492 e. The third-order valence-corrected chi connectivity index (χ3v) is 7.78. The molecule has 0 radical (unpaired) electrons. The zero-order valence-electron chi connectivity index (χ0n) is 20.9. The Balaban J connectivity index is 1.92. The van der Waals surface area contributed by atoms with Gasteiger partial charge in [-0.15, -0.1) is 0 Å². The molecule has 10 heteroatoms. The number of hydrogen-bond donors (Lipinski definition) is 1. The number of ether oxygens (including phenoxy) is 1. The van der Waals surface area contributed by atoms with E-state index in [0.717, 1.165) is 36.2 Å². The van der Waals surface area contributed by atoms with Crippen LogP contribution in [0.5, 0.6) is 5.75 Å². The number of carbonyl (C=O) groups excluding carboxylic acids is 2. The van der Waals surface area contributed by atoms with Crippen LogP contribution >= 0.6 is 11.6 Å². The highest BCUT2D eigenvalue weighted by molar-refractivity contribution is 7.92. The molecule has 2 aromatic rings. The fourth-order valence-electron chi connectivity index (χ4n) is 4.32. The third-order valence-electron chi connectivity index (χ3n) is 6.28. The molecule has 8 nitrogen and oxygen atoms in total. The molecule has 0 bridgehead atoms. The molecular weight excluding hydrogens is 502 g/mol. The molecule has 1 aliphatic rings. The van der Waals surface area contributed by atoms with Crippen LogP contribution in [0.2, 0.25) is 5.02 Å². The maximum atomic E-state index is 13.7. The van der Waals surface area contributed by atoms with E-state index in [-0.39, 0.29) is 24.2 Å². The highest BCUT2D eigenvalue weighted by atomic mass is 35.5. The Hall–Kier alpha value is -2.78. The standard InChI is InChI=1S/C26H34ClN3O5S/c1-4-35-24-16-10-9-15-23(24)30(36(3,33)34)18-25(31)29(17-20-11-5-8-14-22(20)27)19(2)26(32)28-21-12-6-7-13-21/h5,8-11,14-16,19,21H,4,6-7,12-13,17-18H2,1-3H3,(H,28,32)/t19-/m1/s1. The number of hydrogen-bond acceptors (Lipinski definition) is 5. The van der Waals surface area contributed by atoms with E-state index in [1.807, 2.05) is 0 Å². The Bertz CT molecular complexity index is 1170. The van der Waals surface area contributed by atoms with Gasteiger partial charge >= 0.3 is 0 Å². The highest BCUT2D eigenvalue weighted by Gasteiger charge is 2.32. The van der Waals surface area contributed by atoms with Gasteiger partial charge in [-0.05, 0) is 50.5 Å². The molecule has 1 atom stereocenters.